The molecule has 20 heteroatoms. The molecule has 0 aromatic carbocycles. The van der Waals surface area contributed by atoms with Gasteiger partial charge in [-0.3, -0.25) is 43.2 Å². The molecule has 0 aromatic rings. The van der Waals surface area contributed by atoms with E-state index in [4.69, 9.17) is 5.11 Å². The Bertz CT molecular complexity index is 1820. The molecule has 20 nitrogen and oxygen atoms in total. The number of unbranched alkanes of at least 4 members (excludes halogenated alkanes) is 5. The van der Waals surface area contributed by atoms with Crippen LogP contribution >= 0.6 is 0 Å². The molecular weight excluding hydrogens is 951 g/mol. The van der Waals surface area contributed by atoms with Gasteiger partial charge in [-0.05, 0) is 84.5 Å². The number of nitrogens with one attached hydrogen (secondary N) is 8. The van der Waals surface area contributed by atoms with E-state index in [0.29, 0.717) is 38.9 Å². The third-order valence-electron chi connectivity index (χ3n) is 14.4. The van der Waals surface area contributed by atoms with Crippen molar-refractivity contribution in [1.29, 1.82) is 0 Å². The molecule has 1 fully saturated rings. The van der Waals surface area contributed by atoms with Crippen LogP contribution in [0.25, 0.3) is 0 Å². The van der Waals surface area contributed by atoms with Crippen molar-refractivity contribution in [3.8, 4) is 0 Å². The van der Waals surface area contributed by atoms with E-state index in [0.717, 1.165) is 32.1 Å². The zero-order valence-corrected chi connectivity index (χ0v) is 47.4. The van der Waals surface area contributed by atoms with Gasteiger partial charge in [-0.1, -0.05) is 100 Å². The fourth-order valence-electron chi connectivity index (χ4n) is 8.99. The van der Waals surface area contributed by atoms with Gasteiger partial charge in [0.15, 0.2) is 0 Å². The summed E-state index contributed by atoms with van der Waals surface area (Å²) in [5.41, 5.74) is -3.04. The molecule has 0 aliphatic carbocycles. The molecule has 1 aliphatic heterocycles. The second kappa shape index (κ2) is 34.1. The number of rotatable bonds is 37. The van der Waals surface area contributed by atoms with Crippen molar-refractivity contribution in [2.45, 2.75) is 234 Å². The molecule has 2 unspecified atom stereocenters. The Balaban J connectivity index is 3.18. The highest BCUT2D eigenvalue weighted by atomic mass is 16.3. The van der Waals surface area contributed by atoms with Crippen LogP contribution in [-0.2, 0) is 43.2 Å². The summed E-state index contributed by atoms with van der Waals surface area (Å²) in [7, 11) is 0. The summed E-state index contributed by atoms with van der Waals surface area (Å²) in [6.45, 7) is 23.7. The molecule has 0 radical (unpaired) electrons. The standard InChI is InChI=1S/C54H99N9O11/c1-14-18-19-20-21-22-23-37(8)50(72)63-28-25-36(7)45(63)49(71)59-42(31-34(5)30-41(66)32-40(65)16-3)47(69)58-39(10)46(68)61-53(11,12)51(73)60-44(35(6)15-2)48(70)62-54(13,17-4)52(74)56-26-24-43(67)57-38(9)33-55-27-29-64/h34-39,41-42,44-45,55,64,66H,14-33H2,1-13H3,(H,56,74)(H,57,67)(H,58,69)(H,59,71)(H,60,73)(H,61,68)(H,62,70)/t34-,35+,36-,37-,38?,39+,41?,42+,44+,45+,54+/m1/s1. The average Bonchev–Trinajstić information content (AvgIpc) is 3.73. The lowest BCUT2D eigenvalue weighted by Crippen LogP contribution is -2.65. The predicted molar refractivity (Wildman–Crippen MR) is 286 cm³/mol. The predicted octanol–water partition coefficient (Wildman–Crippen LogP) is 3.05. The normalized spacial score (nSPS) is 18.7. The molecule has 10 N–H and O–H groups in total. The molecule has 11 atom stereocenters. The Labute approximate surface area is 442 Å². The number of likely N-dealkylation sites (tertiary alicyclic amines) is 1. The van der Waals surface area contributed by atoms with E-state index in [1.54, 1.807) is 46.4 Å². The van der Waals surface area contributed by atoms with Gasteiger partial charge in [0.05, 0.1) is 12.7 Å². The summed E-state index contributed by atoms with van der Waals surface area (Å²) in [6, 6.07) is -4.60. The molecular formula is C54H99N9O11. The first kappa shape index (κ1) is 67.3. The van der Waals surface area contributed by atoms with Crippen molar-refractivity contribution >= 4 is 53.0 Å². The first-order valence-electron chi connectivity index (χ1n) is 27.7. The fraction of sp³-hybridized carbons (Fsp3) is 0.833. The molecule has 0 bridgehead atoms. The zero-order chi connectivity index (χ0) is 56.3. The van der Waals surface area contributed by atoms with Crippen LogP contribution in [0.5, 0.6) is 0 Å². The van der Waals surface area contributed by atoms with Crippen molar-refractivity contribution in [3.63, 3.8) is 0 Å². The molecule has 0 spiro atoms. The second-order valence-corrected chi connectivity index (χ2v) is 21.8. The highest BCUT2D eigenvalue weighted by Crippen LogP contribution is 2.28. The van der Waals surface area contributed by atoms with Gasteiger partial charge in [-0.15, -0.1) is 0 Å². The maximum absolute atomic E-state index is 14.2. The monoisotopic (exact) mass is 1050 g/mol. The van der Waals surface area contributed by atoms with Crippen molar-refractivity contribution in [2.75, 3.05) is 32.8 Å². The quantitative estimate of drug-likeness (QED) is 0.0402. The van der Waals surface area contributed by atoms with Crippen molar-refractivity contribution in [2.24, 2.45) is 23.7 Å². The van der Waals surface area contributed by atoms with Gasteiger partial charge in [0.25, 0.3) is 0 Å². The van der Waals surface area contributed by atoms with Crippen LogP contribution < -0.4 is 42.5 Å². The summed E-state index contributed by atoms with van der Waals surface area (Å²) in [5, 5.41) is 42.0. The number of nitrogens with zero attached hydrogens (tertiary/aromatic N) is 1. The molecule has 74 heavy (non-hydrogen) atoms. The molecule has 426 valence electrons. The minimum atomic E-state index is -1.63. The highest BCUT2D eigenvalue weighted by Gasteiger charge is 2.43. The van der Waals surface area contributed by atoms with E-state index in [-0.39, 0.29) is 93.1 Å². The van der Waals surface area contributed by atoms with Crippen LogP contribution in [0.4, 0.5) is 0 Å². The number of carbonyl (C=O) groups is 9. The molecule has 1 saturated heterocycles. The van der Waals surface area contributed by atoms with Gasteiger partial charge in [0.1, 0.15) is 41.0 Å². The number of hydrogen-bond donors (Lipinski definition) is 10. The number of Topliss-reactive ketones (excluding diaryl/α,β-unsaturated/α-hetero) is 1. The minimum Gasteiger partial charge on any atom is -0.395 e. The number of carbonyl (C=O) groups excluding carboxylic acids is 9. The van der Waals surface area contributed by atoms with Crippen LogP contribution in [0.2, 0.25) is 0 Å². The summed E-state index contributed by atoms with van der Waals surface area (Å²) in [6.07, 6.45) is 7.96. The van der Waals surface area contributed by atoms with Gasteiger partial charge in [0, 0.05) is 57.4 Å². The van der Waals surface area contributed by atoms with E-state index in [1.165, 1.54) is 27.2 Å². The summed E-state index contributed by atoms with van der Waals surface area (Å²) >= 11 is 0. The molecule has 0 aromatic heterocycles. The van der Waals surface area contributed by atoms with Gasteiger partial charge in [-0.2, -0.15) is 0 Å². The Morgan fingerprint density at radius 1 is 0.743 bits per heavy atom. The van der Waals surface area contributed by atoms with Crippen molar-refractivity contribution in [1.82, 2.24) is 47.4 Å². The maximum atomic E-state index is 14.2. The summed E-state index contributed by atoms with van der Waals surface area (Å²) in [4.78, 5) is 124. The van der Waals surface area contributed by atoms with Crippen LogP contribution in [0.15, 0.2) is 0 Å². The van der Waals surface area contributed by atoms with E-state index < -0.39 is 82.7 Å². The van der Waals surface area contributed by atoms with Gasteiger partial charge in [0.2, 0.25) is 47.3 Å². The molecule has 1 heterocycles. The lowest BCUT2D eigenvalue weighted by Gasteiger charge is -2.34. The van der Waals surface area contributed by atoms with Crippen molar-refractivity contribution < 1.29 is 53.4 Å². The van der Waals surface area contributed by atoms with Crippen LogP contribution in [0.1, 0.15) is 186 Å². The van der Waals surface area contributed by atoms with E-state index in [1.807, 2.05) is 20.8 Å². The Hall–Kier alpha value is -4.69. The lowest BCUT2D eigenvalue weighted by molar-refractivity contribution is -0.143. The number of aliphatic hydroxyl groups is 2. The SMILES string of the molecule is CCCCCCCC[C@@H](C)C(=O)N1CC[C@@H](C)[C@H]1C(=O)N[C@@H](C[C@H](C)CC(O)CC(=O)CC)C(=O)N[C@@H](C)C(=O)NC(C)(C)C(=O)N[C@H](C(=O)N[C@@](C)(CC)C(=O)NCCC(=O)NC(C)CNCCO)[C@@H](C)CC. The molecule has 1 rings (SSSR count). The Morgan fingerprint density at radius 3 is 2.00 bits per heavy atom. The van der Waals surface area contributed by atoms with E-state index in [2.05, 4.69) is 49.5 Å². The molecule has 8 amide bonds. The number of hydrogen-bond acceptors (Lipinski definition) is 12. The third kappa shape index (κ3) is 23.5. The van der Waals surface area contributed by atoms with Gasteiger partial charge >= 0.3 is 0 Å². The maximum Gasteiger partial charge on any atom is 0.245 e. The number of ketones is 1. The first-order valence-corrected chi connectivity index (χ1v) is 27.7. The highest BCUT2D eigenvalue weighted by molar-refractivity contribution is 5.99. The number of aliphatic hydroxyl groups excluding tert-OH is 2. The largest absolute Gasteiger partial charge is 0.395 e. The van der Waals surface area contributed by atoms with Crippen LogP contribution in [0, 0.1) is 23.7 Å². The fourth-order valence-corrected chi connectivity index (χ4v) is 8.99. The Morgan fingerprint density at radius 2 is 1.39 bits per heavy atom. The minimum absolute atomic E-state index is 0.00549. The summed E-state index contributed by atoms with van der Waals surface area (Å²) < 4.78 is 0. The van der Waals surface area contributed by atoms with Crippen LogP contribution in [0.3, 0.4) is 0 Å². The van der Waals surface area contributed by atoms with Crippen molar-refractivity contribution in [3.05, 3.63) is 0 Å². The summed E-state index contributed by atoms with van der Waals surface area (Å²) in [5.74, 6) is -5.60. The smallest absolute Gasteiger partial charge is 0.245 e. The lowest BCUT2D eigenvalue weighted by atomic mass is 9.92. The molecule has 1 aliphatic rings. The van der Waals surface area contributed by atoms with Gasteiger partial charge in [-0.25, -0.2) is 0 Å². The molecule has 0 saturated carbocycles. The van der Waals surface area contributed by atoms with E-state index >= 15 is 0 Å². The van der Waals surface area contributed by atoms with Gasteiger partial charge < -0.3 is 57.6 Å². The second-order valence-electron chi connectivity index (χ2n) is 21.8. The topological polar surface area (TPSA) is 294 Å². The average molecular weight is 1050 g/mol. The van der Waals surface area contributed by atoms with Crippen LogP contribution in [-0.4, -0.2) is 148 Å². The Kier molecular flexibility index (Phi) is 31.0. The van der Waals surface area contributed by atoms with E-state index in [9.17, 15) is 48.3 Å². The third-order valence-corrected chi connectivity index (χ3v) is 14.4. The first-order chi connectivity index (χ1) is 34.7. The number of amides is 8. The zero-order valence-electron chi connectivity index (χ0n) is 47.4.